The molecule has 0 radical (unpaired) electrons. The largest absolute Gasteiger partial charge is 0.497 e. The van der Waals surface area contributed by atoms with Crippen LogP contribution in [0.3, 0.4) is 0 Å². The van der Waals surface area contributed by atoms with Gasteiger partial charge >= 0.3 is 5.97 Å². The maximum absolute atomic E-state index is 13.2. The second kappa shape index (κ2) is 10.8. The lowest BCUT2D eigenvalue weighted by atomic mass is 9.85. The Kier molecular flexibility index (Phi) is 7.70. The molecular weight excluding hydrogens is 520 g/mol. The monoisotopic (exact) mass is 548 g/mol. The quantitative estimate of drug-likeness (QED) is 0.221. The van der Waals surface area contributed by atoms with Gasteiger partial charge < -0.3 is 19.5 Å². The molecule has 0 unspecified atom stereocenters. The fourth-order valence-electron chi connectivity index (χ4n) is 4.11. The lowest BCUT2D eigenvalue weighted by molar-refractivity contribution is -0.120. The fourth-order valence-corrected chi connectivity index (χ4v) is 4.32. The Morgan fingerprint density at radius 2 is 1.56 bits per heavy atom. The molecule has 39 heavy (non-hydrogen) atoms. The van der Waals surface area contributed by atoms with Crippen molar-refractivity contribution in [1.82, 2.24) is 0 Å². The van der Waals surface area contributed by atoms with Gasteiger partial charge in [0.2, 0.25) is 0 Å². The first-order chi connectivity index (χ1) is 18.4. The number of nitrogens with zero attached hydrogens (tertiary/aromatic N) is 1. The summed E-state index contributed by atoms with van der Waals surface area (Å²) >= 11 is 6.27. The van der Waals surface area contributed by atoms with E-state index in [0.717, 1.165) is 16.0 Å². The Bertz CT molecular complexity index is 1490. The highest BCUT2D eigenvalue weighted by molar-refractivity contribution is 6.53. The van der Waals surface area contributed by atoms with E-state index < -0.39 is 17.8 Å². The van der Waals surface area contributed by atoms with E-state index in [2.05, 4.69) is 26.1 Å². The van der Waals surface area contributed by atoms with Gasteiger partial charge in [-0.05, 0) is 54.8 Å². The van der Waals surface area contributed by atoms with Crippen LogP contribution >= 0.6 is 11.6 Å². The standard InChI is InChI=1S/C30H29ClN2O6/c1-17-7-14-23(21(15-17)30(2,3)4)39-29(36)18-8-10-19(11-9-18)32-26-25(31)27(34)33(28(26)35)22-13-12-20(37-5)16-24(22)38-6/h7-16,32H,1-6H3. The predicted octanol–water partition coefficient (Wildman–Crippen LogP) is 5.96. The lowest BCUT2D eigenvalue weighted by Crippen LogP contribution is -2.32. The normalized spacial score (nSPS) is 13.6. The molecule has 3 aromatic rings. The number of hydrogen-bond acceptors (Lipinski definition) is 7. The van der Waals surface area contributed by atoms with Gasteiger partial charge in [-0.15, -0.1) is 0 Å². The highest BCUT2D eigenvalue weighted by Crippen LogP contribution is 2.38. The highest BCUT2D eigenvalue weighted by Gasteiger charge is 2.40. The minimum Gasteiger partial charge on any atom is -0.497 e. The third-order valence-corrected chi connectivity index (χ3v) is 6.54. The second-order valence-electron chi connectivity index (χ2n) is 10.0. The third-order valence-electron chi connectivity index (χ3n) is 6.19. The maximum atomic E-state index is 13.2. The van der Waals surface area contributed by atoms with Crippen molar-refractivity contribution in [2.45, 2.75) is 33.1 Å². The Morgan fingerprint density at radius 1 is 0.872 bits per heavy atom. The van der Waals surface area contributed by atoms with Gasteiger partial charge in [0.25, 0.3) is 11.8 Å². The van der Waals surface area contributed by atoms with Crippen LogP contribution in [-0.2, 0) is 15.0 Å². The van der Waals surface area contributed by atoms with Gasteiger partial charge in [-0.1, -0.05) is 50.1 Å². The highest BCUT2D eigenvalue weighted by atomic mass is 35.5. The van der Waals surface area contributed by atoms with Crippen molar-refractivity contribution in [2.75, 3.05) is 24.4 Å². The number of halogens is 1. The van der Waals surface area contributed by atoms with Crippen LogP contribution in [0, 0.1) is 6.92 Å². The van der Waals surface area contributed by atoms with Crippen molar-refractivity contribution < 1.29 is 28.6 Å². The van der Waals surface area contributed by atoms with Crippen LogP contribution in [0.5, 0.6) is 17.2 Å². The van der Waals surface area contributed by atoms with Gasteiger partial charge in [0, 0.05) is 17.3 Å². The van der Waals surface area contributed by atoms with Crippen LogP contribution in [0.2, 0.25) is 0 Å². The molecule has 0 aromatic heterocycles. The molecule has 4 rings (SSSR count). The van der Waals surface area contributed by atoms with E-state index in [-0.39, 0.29) is 27.6 Å². The summed E-state index contributed by atoms with van der Waals surface area (Å²) in [7, 11) is 2.92. The van der Waals surface area contributed by atoms with E-state index in [0.29, 0.717) is 22.7 Å². The minimum atomic E-state index is -0.694. The third kappa shape index (κ3) is 5.61. The number of amides is 2. The van der Waals surface area contributed by atoms with E-state index in [1.807, 2.05) is 19.1 Å². The summed E-state index contributed by atoms with van der Waals surface area (Å²) in [5.41, 5.74) is 2.70. The van der Waals surface area contributed by atoms with E-state index in [1.165, 1.54) is 14.2 Å². The van der Waals surface area contributed by atoms with E-state index in [4.69, 9.17) is 25.8 Å². The molecule has 202 valence electrons. The predicted molar refractivity (Wildman–Crippen MR) is 150 cm³/mol. The molecule has 1 N–H and O–H groups in total. The van der Waals surface area contributed by atoms with Crippen LogP contribution in [0.1, 0.15) is 42.3 Å². The summed E-state index contributed by atoms with van der Waals surface area (Å²) in [6.45, 7) is 8.16. The number of imide groups is 1. The Balaban J connectivity index is 1.52. The number of esters is 1. The maximum Gasteiger partial charge on any atom is 0.343 e. The fraction of sp³-hybridized carbons (Fsp3) is 0.233. The van der Waals surface area contributed by atoms with Gasteiger partial charge in [0.15, 0.2) is 0 Å². The molecule has 0 bridgehead atoms. The molecule has 1 aliphatic rings. The zero-order chi connectivity index (χ0) is 28.5. The number of ether oxygens (including phenoxy) is 3. The van der Waals surface area contributed by atoms with Crippen molar-refractivity contribution >= 4 is 40.8 Å². The average Bonchev–Trinajstić information content (AvgIpc) is 3.11. The Morgan fingerprint density at radius 3 is 2.18 bits per heavy atom. The number of methoxy groups -OCH3 is 2. The number of nitrogens with one attached hydrogen (secondary N) is 1. The topological polar surface area (TPSA) is 94.2 Å². The van der Waals surface area contributed by atoms with Crippen LogP contribution in [0.4, 0.5) is 11.4 Å². The Hall–Kier alpha value is -4.30. The van der Waals surface area contributed by atoms with Gasteiger partial charge in [0.05, 0.1) is 25.5 Å². The molecule has 0 saturated heterocycles. The zero-order valence-corrected chi connectivity index (χ0v) is 23.3. The van der Waals surface area contributed by atoms with Crippen LogP contribution in [0.25, 0.3) is 0 Å². The summed E-state index contributed by atoms with van der Waals surface area (Å²) in [5, 5.41) is 2.63. The molecule has 0 saturated carbocycles. The SMILES string of the molecule is COc1ccc(N2C(=O)C(Cl)=C(Nc3ccc(C(=O)Oc4ccc(C)cc4C(C)(C)C)cc3)C2=O)c(OC)c1. The van der Waals surface area contributed by atoms with Gasteiger partial charge in [0.1, 0.15) is 28.0 Å². The van der Waals surface area contributed by atoms with Crippen molar-refractivity contribution in [1.29, 1.82) is 0 Å². The number of aryl methyl sites for hydroxylation is 1. The number of anilines is 2. The smallest absolute Gasteiger partial charge is 0.343 e. The number of carbonyl (C=O) groups excluding carboxylic acids is 3. The molecular formula is C30H29ClN2O6. The number of benzene rings is 3. The van der Waals surface area contributed by atoms with E-state index >= 15 is 0 Å². The van der Waals surface area contributed by atoms with Crippen molar-refractivity contribution in [3.8, 4) is 17.2 Å². The second-order valence-corrected chi connectivity index (χ2v) is 10.4. The summed E-state index contributed by atoms with van der Waals surface area (Å²) in [4.78, 5) is 39.9. The van der Waals surface area contributed by atoms with Crippen LogP contribution in [-0.4, -0.2) is 32.0 Å². The van der Waals surface area contributed by atoms with Gasteiger partial charge in [-0.3, -0.25) is 9.59 Å². The molecule has 0 aliphatic carbocycles. The van der Waals surface area contributed by atoms with Crippen molar-refractivity contribution in [2.24, 2.45) is 0 Å². The molecule has 0 spiro atoms. The lowest BCUT2D eigenvalue weighted by Gasteiger charge is -2.22. The Labute approximate surface area is 232 Å². The number of hydrogen-bond donors (Lipinski definition) is 1. The molecule has 8 nitrogen and oxygen atoms in total. The molecule has 2 amide bonds. The number of rotatable bonds is 7. The zero-order valence-electron chi connectivity index (χ0n) is 22.5. The van der Waals surface area contributed by atoms with Crippen molar-refractivity contribution in [3.05, 3.63) is 88.1 Å². The van der Waals surface area contributed by atoms with Gasteiger partial charge in [-0.25, -0.2) is 9.69 Å². The molecule has 1 aliphatic heterocycles. The summed E-state index contributed by atoms with van der Waals surface area (Å²) in [5.74, 6) is -0.582. The van der Waals surface area contributed by atoms with Crippen molar-refractivity contribution in [3.63, 3.8) is 0 Å². The first kappa shape index (κ1) is 27.7. The van der Waals surface area contributed by atoms with Crippen LogP contribution < -0.4 is 24.4 Å². The van der Waals surface area contributed by atoms with E-state index in [9.17, 15) is 14.4 Å². The number of carbonyl (C=O) groups is 3. The molecule has 1 heterocycles. The van der Waals surface area contributed by atoms with Gasteiger partial charge in [-0.2, -0.15) is 0 Å². The van der Waals surface area contributed by atoms with Crippen LogP contribution in [0.15, 0.2) is 71.4 Å². The van der Waals surface area contributed by atoms with E-state index in [1.54, 1.807) is 48.5 Å². The molecule has 9 heteroatoms. The molecule has 0 fully saturated rings. The molecule has 3 aromatic carbocycles. The average molecular weight is 549 g/mol. The summed E-state index contributed by atoms with van der Waals surface area (Å²) in [6, 6.07) is 16.7. The summed E-state index contributed by atoms with van der Waals surface area (Å²) in [6.07, 6.45) is 0. The molecule has 0 atom stereocenters. The first-order valence-corrected chi connectivity index (χ1v) is 12.5. The minimum absolute atomic E-state index is 0.0932. The first-order valence-electron chi connectivity index (χ1n) is 12.2. The summed E-state index contributed by atoms with van der Waals surface area (Å²) < 4.78 is 16.2.